The molecule has 0 aromatic rings. The lowest BCUT2D eigenvalue weighted by molar-refractivity contribution is 1.99. The highest BCUT2D eigenvalue weighted by Gasteiger charge is 1.56. The van der Waals surface area contributed by atoms with Gasteiger partial charge in [-0.25, -0.2) is 0 Å². The molecule has 0 N–H and O–H groups in total. The third-order valence-electron chi connectivity index (χ3n) is 0.538. The molecule has 0 saturated heterocycles. The Labute approximate surface area is 63.8 Å². The molecule has 0 spiro atoms. The Bertz CT molecular complexity index is 205. The summed E-state index contributed by atoms with van der Waals surface area (Å²) in [5.41, 5.74) is 0. The number of halogens is 1. The second-order valence-electron chi connectivity index (χ2n) is 1.12. The van der Waals surface area contributed by atoms with E-state index in [1.165, 1.54) is 0 Å². The van der Waals surface area contributed by atoms with Crippen LogP contribution in [0, 0.1) is 23.1 Å². The van der Waals surface area contributed by atoms with Gasteiger partial charge in [0.2, 0.25) is 0 Å². The van der Waals surface area contributed by atoms with E-state index in [1.807, 2.05) is 0 Å². The van der Waals surface area contributed by atoms with E-state index in [2.05, 4.69) is 32.6 Å². The van der Waals surface area contributed by atoms with Gasteiger partial charge in [-0.2, -0.15) is 0 Å². The van der Waals surface area contributed by atoms with E-state index in [0.717, 1.165) is 0 Å². The van der Waals surface area contributed by atoms with Crippen LogP contribution >= 0.6 is 15.9 Å². The molecule has 0 aliphatic rings. The first kappa shape index (κ1) is 8.08. The van der Waals surface area contributed by atoms with E-state index < -0.39 is 0 Å². The average molecular weight is 181 g/mol. The van der Waals surface area contributed by atoms with Gasteiger partial charge in [-0.15, -0.1) is 6.42 Å². The van der Waals surface area contributed by atoms with Gasteiger partial charge in [0.1, 0.15) is 0 Å². The van der Waals surface area contributed by atoms with Crippen molar-refractivity contribution in [1.82, 2.24) is 0 Å². The quantitative estimate of drug-likeness (QED) is 0.429. The highest BCUT2D eigenvalue weighted by molar-refractivity contribution is 9.12. The van der Waals surface area contributed by atoms with Gasteiger partial charge < -0.3 is 0 Å². The van der Waals surface area contributed by atoms with Gasteiger partial charge in [0.25, 0.3) is 0 Å². The van der Waals surface area contributed by atoms with Crippen molar-refractivity contribution in [1.29, 1.82) is 0 Å². The molecule has 9 heavy (non-hydrogen) atoms. The molecular weight excluding hydrogens is 176 g/mol. The van der Waals surface area contributed by atoms with Crippen molar-refractivity contribution >= 4 is 15.9 Å². The molecule has 0 aromatic carbocycles. The zero-order valence-corrected chi connectivity index (χ0v) is 6.35. The Balaban J connectivity index is 3.59. The van der Waals surface area contributed by atoms with E-state index in [1.54, 1.807) is 24.3 Å². The maximum absolute atomic E-state index is 4.93. The molecule has 0 amide bonds. The predicted octanol–water partition coefficient (Wildman–Crippen LogP) is 2.09. The smallest absolute Gasteiger partial charge is 0.0110 e. The van der Waals surface area contributed by atoms with Crippen LogP contribution in [0.1, 0.15) is 0 Å². The van der Waals surface area contributed by atoms with Crippen molar-refractivity contribution in [2.45, 2.75) is 0 Å². The molecule has 0 aliphatic carbocycles. The third-order valence-corrected chi connectivity index (χ3v) is 0.767. The third kappa shape index (κ3) is 7.08. The van der Waals surface area contributed by atoms with Crippen molar-refractivity contribution < 1.29 is 0 Å². The van der Waals surface area contributed by atoms with Crippen LogP contribution in [-0.4, -0.2) is 0 Å². The Morgan fingerprint density at radius 1 is 1.22 bits per heavy atom. The van der Waals surface area contributed by atoms with Gasteiger partial charge in [-0.05, 0) is 17.0 Å². The zero-order chi connectivity index (χ0) is 6.95. The summed E-state index contributed by atoms with van der Waals surface area (Å²) >= 11 is 2.94. The fourth-order valence-electron chi connectivity index (χ4n) is 0.246. The maximum Gasteiger partial charge on any atom is 0.0110 e. The van der Waals surface area contributed by atoms with E-state index in [0.29, 0.717) is 0 Å². The SMILES string of the molecule is C#C/C=C/C=C/C#CBr. The predicted molar refractivity (Wildman–Crippen MR) is 43.8 cm³/mol. The van der Waals surface area contributed by atoms with Crippen molar-refractivity contribution in [3.8, 4) is 23.1 Å². The van der Waals surface area contributed by atoms with E-state index in [9.17, 15) is 0 Å². The van der Waals surface area contributed by atoms with Crippen molar-refractivity contribution in [2.75, 3.05) is 0 Å². The van der Waals surface area contributed by atoms with Crippen LogP contribution in [-0.2, 0) is 0 Å². The summed E-state index contributed by atoms with van der Waals surface area (Å²) in [5.74, 6) is 5.03. The van der Waals surface area contributed by atoms with E-state index in [-0.39, 0.29) is 0 Å². The maximum atomic E-state index is 4.93. The minimum atomic E-state index is 1.60. The second-order valence-corrected chi connectivity index (χ2v) is 1.52. The molecule has 0 saturated carbocycles. The standard InChI is InChI=1S/C8H5Br/c1-2-3-4-5-6-7-8-9/h1,3-6H/b4-3+,6-5+. The van der Waals surface area contributed by atoms with Crippen molar-refractivity contribution in [2.24, 2.45) is 0 Å². The molecule has 0 atom stereocenters. The zero-order valence-electron chi connectivity index (χ0n) is 4.76. The lowest BCUT2D eigenvalue weighted by atomic mass is 10.4. The van der Waals surface area contributed by atoms with E-state index >= 15 is 0 Å². The monoisotopic (exact) mass is 180 g/mol. The molecule has 0 fully saturated rings. The molecule has 0 aliphatic heterocycles. The summed E-state index contributed by atoms with van der Waals surface area (Å²) in [6, 6.07) is 0. The Kier molecular flexibility index (Phi) is 6.36. The number of terminal acetylenes is 1. The molecule has 0 radical (unpaired) electrons. The van der Waals surface area contributed by atoms with Crippen molar-refractivity contribution in [3.05, 3.63) is 24.3 Å². The Morgan fingerprint density at radius 3 is 2.44 bits per heavy atom. The van der Waals surface area contributed by atoms with Crippen LogP contribution in [0.15, 0.2) is 24.3 Å². The van der Waals surface area contributed by atoms with Crippen LogP contribution in [0.5, 0.6) is 0 Å². The fourth-order valence-corrected chi connectivity index (χ4v) is 0.378. The lowest BCUT2D eigenvalue weighted by Gasteiger charge is -1.64. The average Bonchev–Trinajstić information content (AvgIpc) is 1.89. The minimum absolute atomic E-state index is 1.60. The Hall–Kier alpha value is -0.920. The van der Waals surface area contributed by atoms with Crippen LogP contribution < -0.4 is 0 Å². The molecule has 0 nitrogen and oxygen atoms in total. The molecule has 44 valence electrons. The van der Waals surface area contributed by atoms with Gasteiger partial charge in [0.05, 0.1) is 0 Å². The molecule has 0 heterocycles. The molecular formula is C8H5Br. The summed E-state index contributed by atoms with van der Waals surface area (Å²) in [6.45, 7) is 0. The topological polar surface area (TPSA) is 0 Å². The highest BCUT2D eigenvalue weighted by atomic mass is 79.9. The molecule has 0 bridgehead atoms. The summed E-state index contributed by atoms with van der Waals surface area (Å²) in [6.07, 6.45) is 11.7. The molecule has 0 aromatic heterocycles. The molecule has 0 rings (SSSR count). The van der Waals surface area contributed by atoms with Gasteiger partial charge in [-0.1, -0.05) is 24.0 Å². The number of hydrogen-bond donors (Lipinski definition) is 0. The number of rotatable bonds is 1. The first-order valence-electron chi connectivity index (χ1n) is 2.31. The highest BCUT2D eigenvalue weighted by Crippen LogP contribution is 1.75. The van der Waals surface area contributed by atoms with Crippen LogP contribution in [0.25, 0.3) is 0 Å². The Morgan fingerprint density at radius 2 is 1.89 bits per heavy atom. The van der Waals surface area contributed by atoms with E-state index in [4.69, 9.17) is 6.42 Å². The molecule has 0 unspecified atom stereocenters. The normalized spacial score (nSPS) is 8.89. The minimum Gasteiger partial charge on any atom is -0.115 e. The molecule has 1 heteroatoms. The first-order chi connectivity index (χ1) is 4.41. The lowest BCUT2D eigenvalue weighted by Crippen LogP contribution is -1.47. The summed E-state index contributed by atoms with van der Waals surface area (Å²) < 4.78 is 0. The summed E-state index contributed by atoms with van der Waals surface area (Å²) in [5, 5.41) is 0. The number of allylic oxidation sites excluding steroid dienone is 4. The van der Waals surface area contributed by atoms with Gasteiger partial charge in [0, 0.05) is 15.9 Å². The second kappa shape index (κ2) is 7.08. The summed E-state index contributed by atoms with van der Waals surface area (Å²) in [4.78, 5) is 2.53. The number of hydrogen-bond acceptors (Lipinski definition) is 0. The first-order valence-corrected chi connectivity index (χ1v) is 3.10. The van der Waals surface area contributed by atoms with Gasteiger partial charge in [0.15, 0.2) is 0 Å². The fraction of sp³-hybridized carbons (Fsp3) is 0. The van der Waals surface area contributed by atoms with Crippen molar-refractivity contribution in [3.63, 3.8) is 0 Å². The van der Waals surface area contributed by atoms with Gasteiger partial charge >= 0.3 is 0 Å². The van der Waals surface area contributed by atoms with Crippen LogP contribution in [0.3, 0.4) is 0 Å². The largest absolute Gasteiger partial charge is 0.115 e. The summed E-state index contributed by atoms with van der Waals surface area (Å²) in [7, 11) is 0. The van der Waals surface area contributed by atoms with Crippen LogP contribution in [0.4, 0.5) is 0 Å². The van der Waals surface area contributed by atoms with Gasteiger partial charge in [-0.3, -0.25) is 0 Å². The van der Waals surface area contributed by atoms with Crippen LogP contribution in [0.2, 0.25) is 0 Å².